The molecule has 2 rings (SSSR count). The quantitative estimate of drug-likeness (QED) is 0.869. The number of aliphatic carboxylic acids is 1. The first-order valence-corrected chi connectivity index (χ1v) is 6.99. The van der Waals surface area contributed by atoms with Crippen molar-refractivity contribution >= 4 is 12.1 Å². The Morgan fingerprint density at radius 1 is 1.52 bits per heavy atom. The van der Waals surface area contributed by atoms with Gasteiger partial charge in [0.25, 0.3) is 0 Å². The van der Waals surface area contributed by atoms with E-state index in [0.29, 0.717) is 11.7 Å². The van der Waals surface area contributed by atoms with Crippen molar-refractivity contribution in [2.45, 2.75) is 57.7 Å². The van der Waals surface area contributed by atoms with E-state index in [2.05, 4.69) is 10.3 Å². The number of carboxylic acids is 1. The van der Waals surface area contributed by atoms with Gasteiger partial charge >= 0.3 is 12.1 Å². The lowest BCUT2D eigenvalue weighted by Crippen LogP contribution is -2.36. The molecule has 1 saturated carbocycles. The van der Waals surface area contributed by atoms with Crippen LogP contribution in [0.15, 0.2) is 12.5 Å². The minimum atomic E-state index is -0.986. The maximum Gasteiger partial charge on any atom is 0.408 e. The predicted octanol–water partition coefficient (Wildman–Crippen LogP) is 2.26. The minimum Gasteiger partial charge on any atom is -0.481 e. The van der Waals surface area contributed by atoms with Crippen LogP contribution in [0.4, 0.5) is 4.79 Å². The molecule has 1 atom stereocenters. The van der Waals surface area contributed by atoms with Gasteiger partial charge in [-0.1, -0.05) is 0 Å². The number of nitrogens with one attached hydrogen (secondary N) is 1. The molecule has 0 aliphatic heterocycles. The lowest BCUT2D eigenvalue weighted by Gasteiger charge is -2.23. The topological polar surface area (TPSA) is 93.4 Å². The van der Waals surface area contributed by atoms with Gasteiger partial charge in [-0.05, 0) is 33.6 Å². The number of alkyl carbamates (subject to hydrolysis) is 1. The summed E-state index contributed by atoms with van der Waals surface area (Å²) in [7, 11) is 0. The molecule has 1 aliphatic rings. The molecule has 0 saturated heterocycles. The highest BCUT2D eigenvalue weighted by Gasteiger charge is 2.30. The van der Waals surface area contributed by atoms with Gasteiger partial charge in [-0.15, -0.1) is 0 Å². The van der Waals surface area contributed by atoms with Crippen molar-refractivity contribution in [2.75, 3.05) is 0 Å². The molecule has 21 heavy (non-hydrogen) atoms. The number of imidazole rings is 1. The Kier molecular flexibility index (Phi) is 4.20. The zero-order valence-electron chi connectivity index (χ0n) is 12.5. The third kappa shape index (κ3) is 4.47. The van der Waals surface area contributed by atoms with Crippen molar-refractivity contribution in [3.8, 4) is 0 Å². The smallest absolute Gasteiger partial charge is 0.408 e. The highest BCUT2D eigenvalue weighted by Crippen LogP contribution is 2.37. The van der Waals surface area contributed by atoms with E-state index in [-0.39, 0.29) is 6.42 Å². The number of rotatable bonds is 5. The number of ether oxygens (including phenoxy) is 1. The SMILES string of the molecule is CC(C)(C)OC(=O)N[C@H](CC(=O)O)c1cncn1C1CC1. The second-order valence-electron chi connectivity index (χ2n) is 6.25. The van der Waals surface area contributed by atoms with Gasteiger partial charge in [0, 0.05) is 6.04 Å². The second-order valence-corrected chi connectivity index (χ2v) is 6.25. The van der Waals surface area contributed by atoms with Crippen molar-refractivity contribution in [2.24, 2.45) is 0 Å². The summed E-state index contributed by atoms with van der Waals surface area (Å²) >= 11 is 0. The van der Waals surface area contributed by atoms with Crippen molar-refractivity contribution < 1.29 is 19.4 Å². The molecule has 1 heterocycles. The summed E-state index contributed by atoms with van der Waals surface area (Å²) in [5.41, 5.74) is 0.0694. The average molecular weight is 295 g/mol. The molecule has 1 aromatic rings. The number of amides is 1. The molecule has 0 bridgehead atoms. The van der Waals surface area contributed by atoms with Gasteiger partial charge in [0.05, 0.1) is 30.7 Å². The summed E-state index contributed by atoms with van der Waals surface area (Å²) in [5.74, 6) is -0.986. The summed E-state index contributed by atoms with van der Waals surface area (Å²) in [6.07, 6.45) is 4.54. The molecular formula is C14H21N3O4. The lowest BCUT2D eigenvalue weighted by molar-refractivity contribution is -0.137. The van der Waals surface area contributed by atoms with Crippen LogP contribution < -0.4 is 5.32 Å². The number of aromatic nitrogens is 2. The fourth-order valence-corrected chi connectivity index (χ4v) is 2.10. The van der Waals surface area contributed by atoms with Crippen molar-refractivity contribution in [3.63, 3.8) is 0 Å². The van der Waals surface area contributed by atoms with E-state index >= 15 is 0 Å². The fraction of sp³-hybridized carbons (Fsp3) is 0.643. The van der Waals surface area contributed by atoms with E-state index < -0.39 is 23.7 Å². The standard InChI is InChI=1S/C14H21N3O4/c1-14(2,3)21-13(20)16-10(6-12(18)19)11-7-15-8-17(11)9-4-5-9/h7-10H,4-6H2,1-3H3,(H,16,20)(H,18,19)/t10-/m1/s1. The summed E-state index contributed by atoms with van der Waals surface area (Å²) in [5, 5.41) is 11.7. The van der Waals surface area contributed by atoms with Gasteiger partial charge in [-0.3, -0.25) is 4.79 Å². The fourth-order valence-electron chi connectivity index (χ4n) is 2.10. The number of carboxylic acid groups (broad SMARTS) is 1. The number of carbonyl (C=O) groups is 2. The first-order chi connectivity index (χ1) is 9.76. The highest BCUT2D eigenvalue weighted by molar-refractivity contribution is 5.72. The highest BCUT2D eigenvalue weighted by atomic mass is 16.6. The molecule has 0 radical (unpaired) electrons. The molecule has 0 aromatic carbocycles. The molecule has 1 amide bonds. The van der Waals surface area contributed by atoms with E-state index in [1.54, 1.807) is 33.3 Å². The Balaban J connectivity index is 2.12. The number of carbonyl (C=O) groups excluding carboxylic acids is 1. The largest absolute Gasteiger partial charge is 0.481 e. The van der Waals surface area contributed by atoms with Crippen LogP contribution in [0.2, 0.25) is 0 Å². The van der Waals surface area contributed by atoms with Crippen LogP contribution in [0.5, 0.6) is 0 Å². The van der Waals surface area contributed by atoms with Crippen LogP contribution in [0.25, 0.3) is 0 Å². The Bertz CT molecular complexity index is 529. The molecule has 0 unspecified atom stereocenters. The van der Waals surface area contributed by atoms with Gasteiger partial charge in [-0.25, -0.2) is 9.78 Å². The average Bonchev–Trinajstić information content (AvgIpc) is 3.03. The minimum absolute atomic E-state index is 0.211. The van der Waals surface area contributed by atoms with Crippen LogP contribution in [-0.4, -0.2) is 32.3 Å². The Morgan fingerprint density at radius 2 is 2.19 bits per heavy atom. The van der Waals surface area contributed by atoms with Gasteiger partial charge in [-0.2, -0.15) is 0 Å². The monoisotopic (exact) mass is 295 g/mol. The molecule has 1 aromatic heterocycles. The molecule has 2 N–H and O–H groups in total. The van der Waals surface area contributed by atoms with E-state index in [1.165, 1.54) is 0 Å². The number of hydrogen-bond acceptors (Lipinski definition) is 4. The van der Waals surface area contributed by atoms with Gasteiger partial charge < -0.3 is 19.7 Å². The normalized spacial score (nSPS) is 16.3. The van der Waals surface area contributed by atoms with Crippen LogP contribution in [-0.2, 0) is 9.53 Å². The second kappa shape index (κ2) is 5.75. The molecule has 1 fully saturated rings. The number of nitrogens with zero attached hydrogens (tertiary/aromatic N) is 2. The molecule has 7 heteroatoms. The van der Waals surface area contributed by atoms with Gasteiger partial charge in [0.1, 0.15) is 5.60 Å². The zero-order chi connectivity index (χ0) is 15.6. The first-order valence-electron chi connectivity index (χ1n) is 6.99. The van der Waals surface area contributed by atoms with Crippen LogP contribution in [0.3, 0.4) is 0 Å². The molecule has 1 aliphatic carbocycles. The Labute approximate surface area is 123 Å². The zero-order valence-corrected chi connectivity index (χ0v) is 12.5. The third-order valence-electron chi connectivity index (χ3n) is 3.06. The predicted molar refractivity (Wildman–Crippen MR) is 74.9 cm³/mol. The van der Waals surface area contributed by atoms with Crippen molar-refractivity contribution in [1.29, 1.82) is 0 Å². The molecule has 7 nitrogen and oxygen atoms in total. The maximum atomic E-state index is 11.9. The lowest BCUT2D eigenvalue weighted by atomic mass is 10.1. The Morgan fingerprint density at radius 3 is 2.71 bits per heavy atom. The van der Waals surface area contributed by atoms with Crippen LogP contribution in [0.1, 0.15) is 57.8 Å². The first kappa shape index (κ1) is 15.3. The van der Waals surface area contributed by atoms with Crippen molar-refractivity contribution in [3.05, 3.63) is 18.2 Å². The van der Waals surface area contributed by atoms with E-state index in [4.69, 9.17) is 9.84 Å². The van der Waals surface area contributed by atoms with E-state index in [0.717, 1.165) is 12.8 Å². The number of hydrogen-bond donors (Lipinski definition) is 2. The third-order valence-corrected chi connectivity index (χ3v) is 3.06. The Hall–Kier alpha value is -2.05. The van der Waals surface area contributed by atoms with Crippen molar-refractivity contribution in [1.82, 2.24) is 14.9 Å². The maximum absolute atomic E-state index is 11.9. The summed E-state index contributed by atoms with van der Waals surface area (Å²) < 4.78 is 7.13. The molecule has 116 valence electrons. The molecule has 0 spiro atoms. The van der Waals surface area contributed by atoms with Crippen LogP contribution in [0, 0.1) is 0 Å². The van der Waals surface area contributed by atoms with Gasteiger partial charge in [0.2, 0.25) is 0 Å². The van der Waals surface area contributed by atoms with Gasteiger partial charge in [0.15, 0.2) is 0 Å². The molecular weight excluding hydrogens is 274 g/mol. The summed E-state index contributed by atoms with van der Waals surface area (Å²) in [6, 6.07) is -0.292. The van der Waals surface area contributed by atoms with Crippen LogP contribution >= 0.6 is 0 Å². The summed E-state index contributed by atoms with van der Waals surface area (Å²) in [4.78, 5) is 27.0. The van der Waals surface area contributed by atoms with E-state index in [1.807, 2.05) is 4.57 Å². The summed E-state index contributed by atoms with van der Waals surface area (Å²) in [6.45, 7) is 5.27. The van der Waals surface area contributed by atoms with E-state index in [9.17, 15) is 9.59 Å².